The van der Waals surface area contributed by atoms with Crippen LogP contribution in [0.2, 0.25) is 0 Å². The molecule has 0 aromatic carbocycles. The number of aliphatic imine (C=N–C) groups is 1. The molecule has 164 valence electrons. The van der Waals surface area contributed by atoms with Crippen LogP contribution in [-0.2, 0) is 11.2 Å². The standard InChI is InChI=1S/C23H40N4O2/c1-19-7-3-4-9-22(19)26-23(24-13-10-21-8-5-18-29-21)25-20-11-15-27(16-12-20)14-6-17-28-2/h5,8,18-20,22H,3-4,6-7,9-17H2,1-2H3,(H2,24,25,26). The summed E-state index contributed by atoms with van der Waals surface area (Å²) in [4.78, 5) is 7.46. The number of hydrogen-bond acceptors (Lipinski definition) is 4. The normalized spacial score (nSPS) is 24.6. The van der Waals surface area contributed by atoms with Crippen molar-refractivity contribution >= 4 is 5.96 Å². The summed E-state index contributed by atoms with van der Waals surface area (Å²) in [7, 11) is 1.78. The lowest BCUT2D eigenvalue weighted by Crippen LogP contribution is -2.52. The Balaban J connectivity index is 1.50. The Bertz CT molecular complexity index is 582. The number of furan rings is 1. The fourth-order valence-corrected chi connectivity index (χ4v) is 4.50. The first-order valence-electron chi connectivity index (χ1n) is 11.6. The van der Waals surface area contributed by atoms with Crippen molar-refractivity contribution in [2.45, 2.75) is 70.4 Å². The topological polar surface area (TPSA) is 62.0 Å². The lowest BCUT2D eigenvalue weighted by molar-refractivity contribution is 0.155. The number of methoxy groups -OCH3 is 1. The smallest absolute Gasteiger partial charge is 0.191 e. The van der Waals surface area contributed by atoms with Crippen LogP contribution in [0.1, 0.15) is 57.6 Å². The maximum absolute atomic E-state index is 5.46. The monoisotopic (exact) mass is 404 g/mol. The van der Waals surface area contributed by atoms with Crippen molar-refractivity contribution in [2.75, 3.05) is 39.9 Å². The highest BCUT2D eigenvalue weighted by Crippen LogP contribution is 2.23. The molecule has 3 rings (SSSR count). The van der Waals surface area contributed by atoms with Gasteiger partial charge in [-0.25, -0.2) is 0 Å². The molecular formula is C23H40N4O2. The van der Waals surface area contributed by atoms with E-state index in [2.05, 4.69) is 22.5 Å². The summed E-state index contributed by atoms with van der Waals surface area (Å²) >= 11 is 0. The summed E-state index contributed by atoms with van der Waals surface area (Å²) in [6, 6.07) is 5.01. The van der Waals surface area contributed by atoms with E-state index in [1.54, 1.807) is 13.4 Å². The molecule has 2 unspecified atom stereocenters. The lowest BCUT2D eigenvalue weighted by atomic mass is 9.86. The van der Waals surface area contributed by atoms with E-state index in [4.69, 9.17) is 14.1 Å². The third kappa shape index (κ3) is 7.67. The van der Waals surface area contributed by atoms with Gasteiger partial charge in [-0.1, -0.05) is 19.8 Å². The van der Waals surface area contributed by atoms with Gasteiger partial charge in [-0.15, -0.1) is 0 Å². The Labute approximate surface area is 176 Å². The van der Waals surface area contributed by atoms with E-state index < -0.39 is 0 Å². The molecule has 1 aliphatic heterocycles. The fourth-order valence-electron chi connectivity index (χ4n) is 4.50. The maximum atomic E-state index is 5.46. The number of rotatable bonds is 9. The molecule has 2 N–H and O–H groups in total. The first-order valence-corrected chi connectivity index (χ1v) is 11.6. The molecule has 6 heteroatoms. The summed E-state index contributed by atoms with van der Waals surface area (Å²) in [6.45, 7) is 7.42. The average molecular weight is 405 g/mol. The van der Waals surface area contributed by atoms with Gasteiger partial charge in [0.05, 0.1) is 6.26 Å². The Kier molecular flexibility index (Phi) is 9.35. The molecule has 2 fully saturated rings. The molecule has 1 aliphatic carbocycles. The van der Waals surface area contributed by atoms with Gasteiger partial charge in [0.15, 0.2) is 5.96 Å². The van der Waals surface area contributed by atoms with Gasteiger partial charge in [0.2, 0.25) is 0 Å². The molecular weight excluding hydrogens is 364 g/mol. The zero-order chi connectivity index (χ0) is 20.3. The van der Waals surface area contributed by atoms with E-state index in [-0.39, 0.29) is 0 Å². The second-order valence-corrected chi connectivity index (χ2v) is 8.68. The number of likely N-dealkylation sites (tertiary alicyclic amines) is 1. The van der Waals surface area contributed by atoms with Gasteiger partial charge in [0.1, 0.15) is 5.76 Å². The molecule has 29 heavy (non-hydrogen) atoms. The van der Waals surface area contributed by atoms with Crippen LogP contribution in [0.4, 0.5) is 0 Å². The van der Waals surface area contributed by atoms with Crippen LogP contribution in [0.25, 0.3) is 0 Å². The number of piperidine rings is 1. The number of ether oxygens (including phenoxy) is 1. The largest absolute Gasteiger partial charge is 0.469 e. The number of hydrogen-bond donors (Lipinski definition) is 2. The van der Waals surface area contributed by atoms with Crippen molar-refractivity contribution in [2.24, 2.45) is 10.9 Å². The van der Waals surface area contributed by atoms with Crippen molar-refractivity contribution in [1.29, 1.82) is 0 Å². The van der Waals surface area contributed by atoms with Crippen molar-refractivity contribution in [3.05, 3.63) is 24.2 Å². The summed E-state index contributed by atoms with van der Waals surface area (Å²) in [5.74, 6) is 2.71. The zero-order valence-corrected chi connectivity index (χ0v) is 18.4. The second kappa shape index (κ2) is 12.2. The molecule has 1 saturated heterocycles. The van der Waals surface area contributed by atoms with Crippen molar-refractivity contribution in [3.8, 4) is 0 Å². The van der Waals surface area contributed by atoms with Gasteiger partial charge in [-0.2, -0.15) is 0 Å². The summed E-state index contributed by atoms with van der Waals surface area (Å²) < 4.78 is 10.6. The van der Waals surface area contributed by atoms with E-state index in [9.17, 15) is 0 Å². The van der Waals surface area contributed by atoms with Crippen molar-refractivity contribution < 1.29 is 9.15 Å². The summed E-state index contributed by atoms with van der Waals surface area (Å²) in [5, 5.41) is 7.51. The lowest BCUT2D eigenvalue weighted by Gasteiger charge is -2.35. The van der Waals surface area contributed by atoms with Crippen LogP contribution in [-0.4, -0.2) is 62.8 Å². The Morgan fingerprint density at radius 1 is 1.21 bits per heavy atom. The molecule has 0 radical (unpaired) electrons. The third-order valence-electron chi connectivity index (χ3n) is 6.39. The van der Waals surface area contributed by atoms with Crippen molar-refractivity contribution in [1.82, 2.24) is 15.5 Å². The van der Waals surface area contributed by atoms with Crippen LogP contribution in [0, 0.1) is 5.92 Å². The molecule has 1 saturated carbocycles. The summed E-state index contributed by atoms with van der Waals surface area (Å²) in [6.07, 6.45) is 11.3. The minimum absolute atomic E-state index is 0.502. The van der Waals surface area contributed by atoms with Gasteiger partial charge in [0.25, 0.3) is 0 Å². The van der Waals surface area contributed by atoms with E-state index in [0.717, 1.165) is 57.3 Å². The first kappa shape index (κ1) is 22.2. The quantitative estimate of drug-likeness (QED) is 0.375. The molecule has 1 aromatic rings. The SMILES string of the molecule is COCCCN1CCC(NC(=NCCc2ccco2)NC2CCCCC2C)CC1. The second-order valence-electron chi connectivity index (χ2n) is 8.68. The highest BCUT2D eigenvalue weighted by atomic mass is 16.5. The van der Waals surface area contributed by atoms with Crippen molar-refractivity contribution in [3.63, 3.8) is 0 Å². The molecule has 1 aromatic heterocycles. The predicted octanol–water partition coefficient (Wildman–Crippen LogP) is 3.44. The Morgan fingerprint density at radius 3 is 2.76 bits per heavy atom. The molecule has 0 amide bonds. The Morgan fingerprint density at radius 2 is 2.03 bits per heavy atom. The van der Waals surface area contributed by atoms with E-state index in [0.29, 0.717) is 18.0 Å². The minimum atomic E-state index is 0.502. The van der Waals surface area contributed by atoms with Gasteiger partial charge in [0, 0.05) is 58.4 Å². The molecule has 0 spiro atoms. The minimum Gasteiger partial charge on any atom is -0.469 e. The highest BCUT2D eigenvalue weighted by molar-refractivity contribution is 5.80. The van der Waals surface area contributed by atoms with Gasteiger partial charge in [-0.05, 0) is 50.2 Å². The molecule has 0 bridgehead atoms. The van der Waals surface area contributed by atoms with Gasteiger partial charge < -0.3 is 24.7 Å². The Hall–Kier alpha value is -1.53. The summed E-state index contributed by atoms with van der Waals surface area (Å²) in [5.41, 5.74) is 0. The van der Waals surface area contributed by atoms with Gasteiger partial charge >= 0.3 is 0 Å². The van der Waals surface area contributed by atoms with Crippen LogP contribution in [0.15, 0.2) is 27.8 Å². The number of guanidine groups is 1. The van der Waals surface area contributed by atoms with E-state index in [1.165, 1.54) is 38.5 Å². The van der Waals surface area contributed by atoms with Crippen LogP contribution in [0.5, 0.6) is 0 Å². The fraction of sp³-hybridized carbons (Fsp3) is 0.783. The first-order chi connectivity index (χ1) is 14.2. The van der Waals surface area contributed by atoms with Crippen LogP contribution in [0.3, 0.4) is 0 Å². The number of nitrogens with one attached hydrogen (secondary N) is 2. The molecule has 2 atom stereocenters. The molecule has 2 aliphatic rings. The predicted molar refractivity (Wildman–Crippen MR) is 118 cm³/mol. The molecule has 6 nitrogen and oxygen atoms in total. The maximum Gasteiger partial charge on any atom is 0.191 e. The van der Waals surface area contributed by atoms with Crippen LogP contribution < -0.4 is 10.6 Å². The van der Waals surface area contributed by atoms with E-state index in [1.807, 2.05) is 12.1 Å². The average Bonchev–Trinajstić information content (AvgIpc) is 3.25. The van der Waals surface area contributed by atoms with E-state index >= 15 is 0 Å². The van der Waals surface area contributed by atoms with Crippen LogP contribution >= 0.6 is 0 Å². The zero-order valence-electron chi connectivity index (χ0n) is 18.4. The van der Waals surface area contributed by atoms with Gasteiger partial charge in [-0.3, -0.25) is 4.99 Å². The molecule has 2 heterocycles. The highest BCUT2D eigenvalue weighted by Gasteiger charge is 2.24. The number of nitrogens with zero attached hydrogens (tertiary/aromatic N) is 2. The third-order valence-corrected chi connectivity index (χ3v) is 6.39.